The smallest absolute Gasteiger partial charge is 0.170 e. The Morgan fingerprint density at radius 1 is 1.50 bits per heavy atom. The number of rotatable bonds is 1. The van der Waals surface area contributed by atoms with Gasteiger partial charge in [0.25, 0.3) is 0 Å². The van der Waals surface area contributed by atoms with Gasteiger partial charge in [0.1, 0.15) is 0 Å². The van der Waals surface area contributed by atoms with Gasteiger partial charge in [-0.3, -0.25) is 0 Å². The van der Waals surface area contributed by atoms with Crippen LogP contribution in [0.5, 0.6) is 0 Å². The fraction of sp³-hybridized carbons (Fsp3) is 0.455. The predicted molar refractivity (Wildman–Crippen MR) is 59.3 cm³/mol. The molecule has 1 unspecified atom stereocenters. The molecule has 5 heteroatoms. The van der Waals surface area contributed by atoms with Gasteiger partial charge in [-0.2, -0.15) is 0 Å². The maximum atomic E-state index is 5.40. The van der Waals surface area contributed by atoms with Gasteiger partial charge in [-0.15, -0.1) is 5.10 Å². The van der Waals surface area contributed by atoms with Gasteiger partial charge in [-0.05, 0) is 18.6 Å². The topological polar surface area (TPSA) is 51.5 Å². The average Bonchev–Trinajstić information content (AvgIpc) is 2.73. The summed E-state index contributed by atoms with van der Waals surface area (Å²) in [5, 5.41) is 7.81. The first kappa shape index (κ1) is 9.74. The van der Waals surface area contributed by atoms with E-state index in [1.165, 1.54) is 5.56 Å². The largest absolute Gasteiger partial charge is 0.378 e. The molecule has 2 aromatic rings. The molecule has 3 rings (SSSR count). The Labute approximate surface area is 93.4 Å². The summed E-state index contributed by atoms with van der Waals surface area (Å²) in [4.78, 5) is 4.49. The van der Waals surface area contributed by atoms with E-state index in [1.807, 2.05) is 29.8 Å². The van der Waals surface area contributed by atoms with Crippen LogP contribution in [0.4, 0.5) is 0 Å². The first-order valence-corrected chi connectivity index (χ1v) is 5.47. The van der Waals surface area contributed by atoms with E-state index < -0.39 is 0 Å². The normalized spacial score (nSPS) is 21.4. The summed E-state index contributed by atoms with van der Waals surface area (Å²) in [5.74, 6) is 0.810. The summed E-state index contributed by atoms with van der Waals surface area (Å²) in [5.41, 5.74) is 2.06. The third kappa shape index (κ3) is 1.68. The monoisotopic (exact) mass is 218 g/mol. The zero-order valence-electron chi connectivity index (χ0n) is 9.18. The minimum Gasteiger partial charge on any atom is -0.378 e. The minimum absolute atomic E-state index is 0.119. The molecule has 1 atom stereocenters. The van der Waals surface area contributed by atoms with Crippen molar-refractivity contribution in [1.29, 1.82) is 0 Å². The molecule has 1 fully saturated rings. The highest BCUT2D eigenvalue weighted by Gasteiger charge is 2.19. The quantitative estimate of drug-likeness (QED) is 0.765. The van der Waals surface area contributed by atoms with Crippen LogP contribution >= 0.6 is 0 Å². The maximum Gasteiger partial charge on any atom is 0.170 e. The van der Waals surface area contributed by atoms with Crippen molar-refractivity contribution in [2.24, 2.45) is 0 Å². The lowest BCUT2D eigenvalue weighted by Gasteiger charge is -2.20. The molecule has 1 aliphatic heterocycles. The molecule has 0 spiro atoms. The van der Waals surface area contributed by atoms with Gasteiger partial charge in [0.15, 0.2) is 11.5 Å². The van der Waals surface area contributed by atoms with E-state index in [4.69, 9.17) is 4.74 Å². The van der Waals surface area contributed by atoms with Gasteiger partial charge in [0, 0.05) is 12.7 Å². The lowest BCUT2D eigenvalue weighted by molar-refractivity contribution is 0.0743. The number of ether oxygens (including phenoxy) is 1. The Bertz CT molecular complexity index is 502. The van der Waals surface area contributed by atoms with E-state index >= 15 is 0 Å². The summed E-state index contributed by atoms with van der Waals surface area (Å²) in [6.45, 7) is 4.32. The van der Waals surface area contributed by atoms with Crippen molar-refractivity contribution in [3.8, 4) is 0 Å². The Morgan fingerprint density at radius 3 is 3.25 bits per heavy atom. The number of fused-ring (bicyclic) bond motifs is 1. The third-order valence-corrected chi connectivity index (χ3v) is 2.73. The Balaban J connectivity index is 1.97. The van der Waals surface area contributed by atoms with Crippen LogP contribution in [0.15, 0.2) is 18.3 Å². The number of nitrogens with one attached hydrogen (secondary N) is 1. The van der Waals surface area contributed by atoms with Gasteiger partial charge in [0.2, 0.25) is 0 Å². The van der Waals surface area contributed by atoms with Crippen LogP contribution in [-0.4, -0.2) is 34.4 Å². The number of aryl methyl sites for hydroxylation is 1. The third-order valence-electron chi connectivity index (χ3n) is 2.73. The second-order valence-corrected chi connectivity index (χ2v) is 4.06. The van der Waals surface area contributed by atoms with E-state index in [-0.39, 0.29) is 6.04 Å². The van der Waals surface area contributed by atoms with Crippen LogP contribution in [0.3, 0.4) is 0 Å². The standard InChI is InChI=1S/C11H14N4O/c1-8-2-3-10-13-11(14-15(10)6-8)9-7-16-5-4-12-9/h2-3,6,9,12H,4-5,7H2,1H3. The highest BCUT2D eigenvalue weighted by Crippen LogP contribution is 2.13. The van der Waals surface area contributed by atoms with Crippen molar-refractivity contribution in [1.82, 2.24) is 19.9 Å². The average molecular weight is 218 g/mol. The first-order valence-electron chi connectivity index (χ1n) is 5.47. The van der Waals surface area contributed by atoms with Gasteiger partial charge in [-0.1, -0.05) is 6.07 Å². The summed E-state index contributed by atoms with van der Waals surface area (Å²) in [7, 11) is 0. The van der Waals surface area contributed by atoms with Crippen molar-refractivity contribution < 1.29 is 4.74 Å². The second-order valence-electron chi connectivity index (χ2n) is 4.06. The summed E-state index contributed by atoms with van der Waals surface area (Å²) >= 11 is 0. The fourth-order valence-corrected chi connectivity index (χ4v) is 1.88. The van der Waals surface area contributed by atoms with E-state index in [9.17, 15) is 0 Å². The van der Waals surface area contributed by atoms with E-state index in [2.05, 4.69) is 15.4 Å². The molecule has 2 aromatic heterocycles. The molecule has 5 nitrogen and oxygen atoms in total. The zero-order chi connectivity index (χ0) is 11.0. The Kier molecular flexibility index (Phi) is 2.34. The number of nitrogens with zero attached hydrogens (tertiary/aromatic N) is 3. The van der Waals surface area contributed by atoms with E-state index in [0.29, 0.717) is 6.61 Å². The minimum atomic E-state index is 0.119. The molecule has 1 saturated heterocycles. The van der Waals surface area contributed by atoms with Crippen LogP contribution in [0.2, 0.25) is 0 Å². The summed E-state index contributed by atoms with van der Waals surface area (Å²) < 4.78 is 7.22. The molecule has 3 heterocycles. The Hall–Kier alpha value is -1.46. The molecule has 0 radical (unpaired) electrons. The SMILES string of the molecule is Cc1ccc2nc(C3COCCN3)nn2c1. The number of aromatic nitrogens is 3. The van der Waals surface area contributed by atoms with E-state index in [1.54, 1.807) is 0 Å². The van der Waals surface area contributed by atoms with Crippen molar-refractivity contribution in [3.63, 3.8) is 0 Å². The van der Waals surface area contributed by atoms with Crippen LogP contribution in [0.25, 0.3) is 5.65 Å². The summed E-state index contributed by atoms with van der Waals surface area (Å²) in [6, 6.07) is 4.14. The molecule has 0 aliphatic carbocycles. The molecule has 0 bridgehead atoms. The van der Waals surface area contributed by atoms with Gasteiger partial charge >= 0.3 is 0 Å². The van der Waals surface area contributed by atoms with E-state index in [0.717, 1.165) is 24.6 Å². The molecular formula is C11H14N4O. The first-order chi connectivity index (χ1) is 7.83. The fourth-order valence-electron chi connectivity index (χ4n) is 1.88. The molecular weight excluding hydrogens is 204 g/mol. The van der Waals surface area contributed by atoms with Crippen molar-refractivity contribution in [2.45, 2.75) is 13.0 Å². The van der Waals surface area contributed by atoms with Gasteiger partial charge < -0.3 is 10.1 Å². The van der Waals surface area contributed by atoms with Crippen LogP contribution in [0.1, 0.15) is 17.4 Å². The predicted octanol–water partition coefficient (Wildman–Crippen LogP) is 0.699. The van der Waals surface area contributed by atoms with Crippen molar-refractivity contribution in [3.05, 3.63) is 29.7 Å². The highest BCUT2D eigenvalue weighted by molar-refractivity contribution is 5.38. The van der Waals surface area contributed by atoms with Gasteiger partial charge in [0.05, 0.1) is 19.3 Å². The Morgan fingerprint density at radius 2 is 2.44 bits per heavy atom. The lowest BCUT2D eigenvalue weighted by atomic mass is 10.2. The molecule has 0 amide bonds. The summed E-state index contributed by atoms with van der Waals surface area (Å²) in [6.07, 6.45) is 1.98. The highest BCUT2D eigenvalue weighted by atomic mass is 16.5. The molecule has 0 aromatic carbocycles. The van der Waals surface area contributed by atoms with Crippen LogP contribution in [0, 0.1) is 6.92 Å². The number of morpholine rings is 1. The molecule has 1 N–H and O–H groups in total. The zero-order valence-corrected chi connectivity index (χ0v) is 9.18. The van der Waals surface area contributed by atoms with Gasteiger partial charge in [-0.25, -0.2) is 9.50 Å². The number of pyridine rings is 1. The van der Waals surface area contributed by atoms with Crippen molar-refractivity contribution in [2.75, 3.05) is 19.8 Å². The molecule has 0 saturated carbocycles. The molecule has 1 aliphatic rings. The lowest BCUT2D eigenvalue weighted by Crippen LogP contribution is -2.35. The molecule has 16 heavy (non-hydrogen) atoms. The number of hydrogen-bond acceptors (Lipinski definition) is 4. The maximum absolute atomic E-state index is 5.40. The number of hydrogen-bond donors (Lipinski definition) is 1. The van der Waals surface area contributed by atoms with Crippen molar-refractivity contribution >= 4 is 5.65 Å². The molecule has 84 valence electrons. The van der Waals surface area contributed by atoms with Crippen LogP contribution < -0.4 is 5.32 Å². The second kappa shape index (κ2) is 3.84. The van der Waals surface area contributed by atoms with Crippen LogP contribution in [-0.2, 0) is 4.74 Å².